The number of carbonyl (C=O) groups excluding carboxylic acids is 1. The van der Waals surface area contributed by atoms with Crippen LogP contribution in [-0.4, -0.2) is 22.7 Å². The van der Waals surface area contributed by atoms with Gasteiger partial charge in [0.2, 0.25) is 17.7 Å². The highest BCUT2D eigenvalue weighted by Crippen LogP contribution is 2.24. The standard InChI is InChI=1S/C21H23N3O3/c1-3-14-26-18-7-5-4-6-17(18)22-19(25)12-13-20-23-24-21(27-20)16-10-8-15(2)9-11-16/h4-11H,3,12-14H2,1-2H3,(H,22,25). The van der Waals surface area contributed by atoms with Gasteiger partial charge < -0.3 is 14.5 Å². The highest BCUT2D eigenvalue weighted by Gasteiger charge is 2.12. The van der Waals surface area contributed by atoms with Crippen LogP contribution in [0.1, 0.15) is 31.2 Å². The summed E-state index contributed by atoms with van der Waals surface area (Å²) in [6, 6.07) is 15.3. The predicted molar refractivity (Wildman–Crippen MR) is 104 cm³/mol. The van der Waals surface area contributed by atoms with E-state index in [1.807, 2.05) is 62.4 Å². The Morgan fingerprint density at radius 2 is 1.89 bits per heavy atom. The summed E-state index contributed by atoms with van der Waals surface area (Å²) in [4.78, 5) is 12.3. The van der Waals surface area contributed by atoms with E-state index in [1.54, 1.807) is 0 Å². The van der Waals surface area contributed by atoms with E-state index >= 15 is 0 Å². The SMILES string of the molecule is CCCOc1ccccc1NC(=O)CCc1nnc(-c2ccc(C)cc2)o1. The molecule has 27 heavy (non-hydrogen) atoms. The minimum absolute atomic E-state index is 0.127. The summed E-state index contributed by atoms with van der Waals surface area (Å²) in [6.07, 6.45) is 1.53. The van der Waals surface area contributed by atoms with Crippen molar-refractivity contribution in [1.29, 1.82) is 0 Å². The third kappa shape index (κ3) is 5.17. The molecule has 0 spiro atoms. The molecule has 6 nitrogen and oxygen atoms in total. The Bertz CT molecular complexity index is 888. The zero-order chi connectivity index (χ0) is 19.1. The molecule has 0 radical (unpaired) electrons. The number of aryl methyl sites for hydroxylation is 2. The maximum absolute atomic E-state index is 12.3. The first-order valence-corrected chi connectivity index (χ1v) is 9.07. The molecule has 0 atom stereocenters. The first-order chi connectivity index (χ1) is 13.2. The normalized spacial score (nSPS) is 10.6. The molecule has 1 aromatic heterocycles. The van der Waals surface area contributed by atoms with Gasteiger partial charge in [-0.15, -0.1) is 10.2 Å². The molecule has 0 aliphatic carbocycles. The maximum atomic E-state index is 12.3. The Hall–Kier alpha value is -3.15. The van der Waals surface area contributed by atoms with E-state index in [9.17, 15) is 4.79 Å². The zero-order valence-corrected chi connectivity index (χ0v) is 15.6. The summed E-state index contributed by atoms with van der Waals surface area (Å²) in [5, 5.41) is 11.0. The van der Waals surface area contributed by atoms with Crippen LogP contribution in [0.25, 0.3) is 11.5 Å². The fourth-order valence-corrected chi connectivity index (χ4v) is 2.51. The van der Waals surface area contributed by atoms with Crippen LogP contribution in [0.4, 0.5) is 5.69 Å². The second-order valence-electron chi connectivity index (χ2n) is 6.26. The molecular weight excluding hydrogens is 342 g/mol. The lowest BCUT2D eigenvalue weighted by molar-refractivity contribution is -0.116. The number of hydrogen-bond donors (Lipinski definition) is 1. The minimum atomic E-state index is -0.127. The maximum Gasteiger partial charge on any atom is 0.247 e. The van der Waals surface area contributed by atoms with Crippen molar-refractivity contribution < 1.29 is 13.9 Å². The van der Waals surface area contributed by atoms with E-state index < -0.39 is 0 Å². The van der Waals surface area contributed by atoms with Crippen LogP contribution < -0.4 is 10.1 Å². The summed E-state index contributed by atoms with van der Waals surface area (Å²) in [5.74, 6) is 1.45. The number of ether oxygens (including phenoxy) is 1. The Morgan fingerprint density at radius 1 is 1.11 bits per heavy atom. The van der Waals surface area contributed by atoms with Crippen LogP contribution in [0.15, 0.2) is 52.9 Å². The smallest absolute Gasteiger partial charge is 0.247 e. The third-order valence-corrected chi connectivity index (χ3v) is 3.95. The van der Waals surface area contributed by atoms with E-state index in [0.717, 1.165) is 12.0 Å². The number of amides is 1. The van der Waals surface area contributed by atoms with Crippen molar-refractivity contribution in [1.82, 2.24) is 10.2 Å². The number of hydrogen-bond acceptors (Lipinski definition) is 5. The molecule has 0 aliphatic rings. The monoisotopic (exact) mass is 365 g/mol. The number of rotatable bonds is 8. The number of carbonyl (C=O) groups is 1. The Kier molecular flexibility index (Phi) is 6.20. The number of nitrogens with one attached hydrogen (secondary N) is 1. The number of aromatic nitrogens is 2. The van der Waals surface area contributed by atoms with Crippen LogP contribution in [0.2, 0.25) is 0 Å². The fraction of sp³-hybridized carbons (Fsp3) is 0.286. The molecule has 140 valence electrons. The molecule has 1 N–H and O–H groups in total. The Balaban J connectivity index is 1.56. The van der Waals surface area contributed by atoms with E-state index in [0.29, 0.717) is 36.2 Å². The summed E-state index contributed by atoms with van der Waals surface area (Å²) in [7, 11) is 0. The van der Waals surface area contributed by atoms with Crippen molar-refractivity contribution >= 4 is 11.6 Å². The van der Waals surface area contributed by atoms with Crippen LogP contribution in [0.3, 0.4) is 0 Å². The molecule has 6 heteroatoms. The first kappa shape index (κ1) is 18.6. The van der Waals surface area contributed by atoms with E-state index in [2.05, 4.69) is 15.5 Å². The largest absolute Gasteiger partial charge is 0.491 e. The van der Waals surface area contributed by atoms with Crippen LogP contribution in [0, 0.1) is 6.92 Å². The second-order valence-corrected chi connectivity index (χ2v) is 6.26. The molecule has 1 amide bonds. The molecule has 3 aromatic rings. The molecule has 0 bridgehead atoms. The molecule has 1 heterocycles. The topological polar surface area (TPSA) is 77.2 Å². The molecule has 3 rings (SSSR count). The van der Waals surface area contributed by atoms with E-state index in [1.165, 1.54) is 5.56 Å². The lowest BCUT2D eigenvalue weighted by Gasteiger charge is -2.11. The zero-order valence-electron chi connectivity index (χ0n) is 15.6. The van der Waals surface area contributed by atoms with Gasteiger partial charge in [-0.3, -0.25) is 4.79 Å². The average Bonchev–Trinajstić information content (AvgIpc) is 3.15. The number of para-hydroxylation sites is 2. The molecule has 2 aromatic carbocycles. The van der Waals surface area contributed by atoms with Gasteiger partial charge >= 0.3 is 0 Å². The summed E-state index contributed by atoms with van der Waals surface area (Å²) < 4.78 is 11.3. The molecule has 0 saturated carbocycles. The second kappa shape index (κ2) is 8.98. The van der Waals surface area contributed by atoms with Crippen molar-refractivity contribution in [3.63, 3.8) is 0 Å². The summed E-state index contributed by atoms with van der Waals surface area (Å²) >= 11 is 0. The molecule has 0 saturated heterocycles. The molecule has 0 unspecified atom stereocenters. The van der Waals surface area contributed by atoms with Gasteiger partial charge in [0.05, 0.1) is 12.3 Å². The van der Waals surface area contributed by atoms with Crippen molar-refractivity contribution in [2.24, 2.45) is 0 Å². The number of benzene rings is 2. The van der Waals surface area contributed by atoms with Crippen molar-refractivity contribution in [3.8, 4) is 17.2 Å². The summed E-state index contributed by atoms with van der Waals surface area (Å²) in [6.45, 7) is 4.67. The quantitative estimate of drug-likeness (QED) is 0.640. The van der Waals surface area contributed by atoms with Gasteiger partial charge in [0.25, 0.3) is 0 Å². The van der Waals surface area contributed by atoms with Crippen LogP contribution in [0.5, 0.6) is 5.75 Å². The van der Waals surface area contributed by atoms with Gasteiger partial charge in [0, 0.05) is 18.4 Å². The highest BCUT2D eigenvalue weighted by atomic mass is 16.5. The van der Waals surface area contributed by atoms with E-state index in [-0.39, 0.29) is 12.3 Å². The summed E-state index contributed by atoms with van der Waals surface area (Å²) in [5.41, 5.74) is 2.70. The van der Waals surface area contributed by atoms with Gasteiger partial charge in [0.1, 0.15) is 5.75 Å². The first-order valence-electron chi connectivity index (χ1n) is 9.07. The van der Waals surface area contributed by atoms with Crippen molar-refractivity contribution in [2.45, 2.75) is 33.1 Å². The van der Waals surface area contributed by atoms with Crippen molar-refractivity contribution in [3.05, 3.63) is 60.0 Å². The lowest BCUT2D eigenvalue weighted by Crippen LogP contribution is -2.13. The fourth-order valence-electron chi connectivity index (χ4n) is 2.51. The van der Waals surface area contributed by atoms with Gasteiger partial charge in [-0.1, -0.05) is 36.8 Å². The van der Waals surface area contributed by atoms with Gasteiger partial charge in [-0.25, -0.2) is 0 Å². The number of anilines is 1. The Labute approximate surface area is 158 Å². The predicted octanol–water partition coefficient (Wildman–Crippen LogP) is 4.41. The lowest BCUT2D eigenvalue weighted by atomic mass is 10.1. The van der Waals surface area contributed by atoms with Gasteiger partial charge in [-0.05, 0) is 37.6 Å². The Morgan fingerprint density at radius 3 is 2.67 bits per heavy atom. The minimum Gasteiger partial charge on any atom is -0.491 e. The third-order valence-electron chi connectivity index (χ3n) is 3.95. The molecular formula is C21H23N3O3. The van der Waals surface area contributed by atoms with Gasteiger partial charge in [-0.2, -0.15) is 0 Å². The van der Waals surface area contributed by atoms with E-state index in [4.69, 9.17) is 9.15 Å². The highest BCUT2D eigenvalue weighted by molar-refractivity contribution is 5.92. The average molecular weight is 365 g/mol. The molecule has 0 fully saturated rings. The van der Waals surface area contributed by atoms with Crippen LogP contribution >= 0.6 is 0 Å². The van der Waals surface area contributed by atoms with Crippen LogP contribution in [-0.2, 0) is 11.2 Å². The molecule has 0 aliphatic heterocycles. The number of nitrogens with zero attached hydrogens (tertiary/aromatic N) is 2. The van der Waals surface area contributed by atoms with Crippen molar-refractivity contribution in [2.75, 3.05) is 11.9 Å². The van der Waals surface area contributed by atoms with Gasteiger partial charge in [0.15, 0.2) is 0 Å².